The second kappa shape index (κ2) is 10.8. The zero-order chi connectivity index (χ0) is 24.8. The molecule has 0 unspecified atom stereocenters. The van der Waals surface area contributed by atoms with E-state index in [-0.39, 0.29) is 28.7 Å². The molecule has 0 aliphatic carbocycles. The first-order chi connectivity index (χ1) is 16.9. The van der Waals surface area contributed by atoms with Gasteiger partial charge in [0, 0.05) is 56.2 Å². The monoisotopic (exact) mass is 498 g/mol. The highest BCUT2D eigenvalue weighted by atomic mass is 32.2. The molecule has 0 radical (unpaired) electrons. The molecule has 0 atom stereocenters. The fourth-order valence-electron chi connectivity index (χ4n) is 3.86. The highest BCUT2D eigenvalue weighted by molar-refractivity contribution is 7.89. The van der Waals surface area contributed by atoms with Crippen molar-refractivity contribution in [1.82, 2.24) is 14.6 Å². The van der Waals surface area contributed by atoms with Crippen molar-refractivity contribution < 1.29 is 22.3 Å². The molecule has 1 aromatic heterocycles. The van der Waals surface area contributed by atoms with Crippen LogP contribution >= 0.6 is 0 Å². The Balaban J connectivity index is 1.39. The van der Waals surface area contributed by atoms with E-state index in [9.17, 15) is 17.6 Å². The van der Waals surface area contributed by atoms with E-state index in [4.69, 9.17) is 4.74 Å². The van der Waals surface area contributed by atoms with Crippen molar-refractivity contribution in [3.8, 4) is 5.88 Å². The van der Waals surface area contributed by atoms with Crippen LogP contribution in [0.2, 0.25) is 0 Å². The van der Waals surface area contributed by atoms with Crippen LogP contribution in [-0.2, 0) is 16.6 Å². The molecule has 184 valence electrons. The average molecular weight is 499 g/mol. The fraction of sp³-hybridized carbons (Fsp3) is 0.280. The predicted molar refractivity (Wildman–Crippen MR) is 130 cm³/mol. The van der Waals surface area contributed by atoms with E-state index < -0.39 is 10.0 Å². The van der Waals surface area contributed by atoms with Gasteiger partial charge in [0.05, 0.1) is 11.5 Å². The zero-order valence-electron chi connectivity index (χ0n) is 19.4. The van der Waals surface area contributed by atoms with Crippen LogP contribution in [0.1, 0.15) is 22.8 Å². The number of benzene rings is 2. The van der Waals surface area contributed by atoms with Gasteiger partial charge in [0.25, 0.3) is 5.91 Å². The highest BCUT2D eigenvalue weighted by Crippen LogP contribution is 2.22. The molecule has 1 fully saturated rings. The molecule has 0 saturated carbocycles. The number of ether oxygens (including phenoxy) is 1. The predicted octanol–water partition coefficient (Wildman–Crippen LogP) is 3.06. The highest BCUT2D eigenvalue weighted by Gasteiger charge is 2.29. The Kier molecular flexibility index (Phi) is 7.62. The van der Waals surface area contributed by atoms with Crippen LogP contribution < -0.4 is 15.0 Å². The first-order valence-corrected chi connectivity index (χ1v) is 12.8. The van der Waals surface area contributed by atoms with Crippen LogP contribution in [0.25, 0.3) is 0 Å². The Bertz CT molecular complexity index is 1280. The number of piperazine rings is 1. The van der Waals surface area contributed by atoms with Crippen molar-refractivity contribution >= 4 is 21.6 Å². The van der Waals surface area contributed by atoms with Crippen LogP contribution in [0.4, 0.5) is 10.1 Å². The summed E-state index contributed by atoms with van der Waals surface area (Å²) in [5.41, 5.74) is 1.93. The fourth-order valence-corrected chi connectivity index (χ4v) is 5.33. The second-order valence-electron chi connectivity index (χ2n) is 8.01. The SMILES string of the molecule is CCOc1cc(CNC(=O)c2cccc(S(=O)(=O)N3CCN(c4ccc(F)cc4)CC3)c2)ccn1. The van der Waals surface area contributed by atoms with Gasteiger partial charge in [-0.2, -0.15) is 4.31 Å². The van der Waals surface area contributed by atoms with Gasteiger partial charge in [-0.05, 0) is 61.0 Å². The summed E-state index contributed by atoms with van der Waals surface area (Å²) in [4.78, 5) is 18.9. The second-order valence-corrected chi connectivity index (χ2v) is 9.95. The molecule has 35 heavy (non-hydrogen) atoms. The average Bonchev–Trinajstić information content (AvgIpc) is 2.88. The van der Waals surface area contributed by atoms with E-state index in [1.807, 2.05) is 11.8 Å². The lowest BCUT2D eigenvalue weighted by molar-refractivity contribution is 0.0950. The third-order valence-corrected chi connectivity index (χ3v) is 7.60. The van der Waals surface area contributed by atoms with Crippen molar-refractivity contribution in [2.45, 2.75) is 18.4 Å². The van der Waals surface area contributed by atoms with E-state index in [1.54, 1.807) is 42.6 Å². The Morgan fingerprint density at radius 3 is 2.51 bits per heavy atom. The molecule has 0 bridgehead atoms. The number of amides is 1. The van der Waals surface area contributed by atoms with Gasteiger partial charge in [-0.25, -0.2) is 17.8 Å². The minimum atomic E-state index is -3.77. The number of carbonyl (C=O) groups excluding carboxylic acids is 1. The Labute approximate surface area is 204 Å². The molecule has 8 nitrogen and oxygen atoms in total. The lowest BCUT2D eigenvalue weighted by Crippen LogP contribution is -2.48. The molecule has 1 amide bonds. The first-order valence-electron chi connectivity index (χ1n) is 11.3. The number of pyridine rings is 1. The number of nitrogens with one attached hydrogen (secondary N) is 1. The van der Waals surface area contributed by atoms with E-state index in [0.29, 0.717) is 38.7 Å². The summed E-state index contributed by atoms with van der Waals surface area (Å²) < 4.78 is 46.4. The molecular formula is C25H27FN4O4S. The molecular weight excluding hydrogens is 471 g/mol. The molecule has 1 N–H and O–H groups in total. The third kappa shape index (κ3) is 5.95. The van der Waals surface area contributed by atoms with Gasteiger partial charge >= 0.3 is 0 Å². The topological polar surface area (TPSA) is 91.8 Å². The lowest BCUT2D eigenvalue weighted by atomic mass is 10.2. The van der Waals surface area contributed by atoms with Crippen molar-refractivity contribution in [2.24, 2.45) is 0 Å². The Hall–Kier alpha value is -3.50. The zero-order valence-corrected chi connectivity index (χ0v) is 20.2. The maximum Gasteiger partial charge on any atom is 0.251 e. The molecule has 1 aliphatic heterocycles. The molecule has 3 aromatic rings. The maximum absolute atomic E-state index is 13.2. The molecule has 2 heterocycles. The van der Waals surface area contributed by atoms with E-state index in [2.05, 4.69) is 10.3 Å². The number of anilines is 1. The van der Waals surface area contributed by atoms with Crippen LogP contribution in [0, 0.1) is 5.82 Å². The van der Waals surface area contributed by atoms with Crippen molar-refractivity contribution in [2.75, 3.05) is 37.7 Å². The van der Waals surface area contributed by atoms with E-state index >= 15 is 0 Å². The molecule has 1 aliphatic rings. The number of carbonyl (C=O) groups is 1. The number of hydrogen-bond acceptors (Lipinski definition) is 6. The summed E-state index contributed by atoms with van der Waals surface area (Å²) in [6.45, 7) is 4.17. The van der Waals surface area contributed by atoms with Gasteiger partial charge in [-0.1, -0.05) is 6.07 Å². The van der Waals surface area contributed by atoms with Gasteiger partial charge in [-0.3, -0.25) is 4.79 Å². The first kappa shape index (κ1) is 24.6. The summed E-state index contributed by atoms with van der Waals surface area (Å²) in [5.74, 6) is -0.209. The standard InChI is InChI=1S/C25H27FN4O4S/c1-2-34-24-16-19(10-11-27-24)18-28-25(31)20-4-3-5-23(17-20)35(32,33)30-14-12-29(13-15-30)22-8-6-21(26)7-9-22/h3-11,16-17H,2,12-15,18H2,1H3,(H,28,31). The number of nitrogens with zero attached hydrogens (tertiary/aromatic N) is 3. The van der Waals surface area contributed by atoms with Crippen LogP contribution in [0.15, 0.2) is 71.8 Å². The summed E-state index contributed by atoms with van der Waals surface area (Å²) in [6, 6.07) is 15.7. The van der Waals surface area contributed by atoms with Crippen molar-refractivity contribution in [3.63, 3.8) is 0 Å². The van der Waals surface area contributed by atoms with Gasteiger partial charge in [-0.15, -0.1) is 0 Å². The van der Waals surface area contributed by atoms with Crippen LogP contribution in [0.5, 0.6) is 5.88 Å². The molecule has 10 heteroatoms. The van der Waals surface area contributed by atoms with Gasteiger partial charge < -0.3 is 15.0 Å². The number of halogens is 1. The molecule has 2 aromatic carbocycles. The molecule has 4 rings (SSSR count). The van der Waals surface area contributed by atoms with Crippen LogP contribution in [-0.4, -0.2) is 56.4 Å². The van der Waals surface area contributed by atoms with Crippen LogP contribution in [0.3, 0.4) is 0 Å². The molecule has 1 saturated heterocycles. The number of rotatable bonds is 8. The number of sulfonamides is 1. The summed E-state index contributed by atoms with van der Waals surface area (Å²) in [7, 11) is -3.77. The number of aromatic nitrogens is 1. The Morgan fingerprint density at radius 2 is 1.80 bits per heavy atom. The van der Waals surface area contributed by atoms with Crippen molar-refractivity contribution in [3.05, 3.63) is 83.8 Å². The quantitative estimate of drug-likeness (QED) is 0.513. The van der Waals surface area contributed by atoms with E-state index in [0.717, 1.165) is 11.3 Å². The summed E-state index contributed by atoms with van der Waals surface area (Å²) in [5, 5.41) is 2.81. The van der Waals surface area contributed by atoms with E-state index in [1.165, 1.54) is 28.6 Å². The van der Waals surface area contributed by atoms with Gasteiger partial charge in [0.15, 0.2) is 0 Å². The lowest BCUT2D eigenvalue weighted by Gasteiger charge is -2.35. The summed E-state index contributed by atoms with van der Waals surface area (Å²) in [6.07, 6.45) is 1.61. The smallest absolute Gasteiger partial charge is 0.251 e. The van der Waals surface area contributed by atoms with Crippen molar-refractivity contribution in [1.29, 1.82) is 0 Å². The Morgan fingerprint density at radius 1 is 1.06 bits per heavy atom. The largest absolute Gasteiger partial charge is 0.478 e. The minimum Gasteiger partial charge on any atom is -0.478 e. The molecule has 0 spiro atoms. The third-order valence-electron chi connectivity index (χ3n) is 5.71. The summed E-state index contributed by atoms with van der Waals surface area (Å²) >= 11 is 0. The van der Waals surface area contributed by atoms with Gasteiger partial charge in [0.1, 0.15) is 5.82 Å². The maximum atomic E-state index is 13.2. The van der Waals surface area contributed by atoms with Gasteiger partial charge in [0.2, 0.25) is 15.9 Å². The number of hydrogen-bond donors (Lipinski definition) is 1. The normalized spacial score (nSPS) is 14.5. The minimum absolute atomic E-state index is 0.0722.